The summed E-state index contributed by atoms with van der Waals surface area (Å²) >= 11 is 0. The summed E-state index contributed by atoms with van der Waals surface area (Å²) in [7, 11) is 4.86. The molecule has 3 aromatic rings. The molecule has 0 saturated carbocycles. The molecule has 3 N–H and O–H groups in total. The molecule has 1 aliphatic heterocycles. The van der Waals surface area contributed by atoms with Crippen molar-refractivity contribution in [3.05, 3.63) is 53.7 Å². The third kappa shape index (κ3) is 6.75. The predicted octanol–water partition coefficient (Wildman–Crippen LogP) is 4.49. The van der Waals surface area contributed by atoms with Crippen LogP contribution in [0.1, 0.15) is 22.5 Å². The van der Waals surface area contributed by atoms with Crippen LogP contribution in [0.5, 0.6) is 5.75 Å². The van der Waals surface area contributed by atoms with Gasteiger partial charge in [-0.1, -0.05) is 12.0 Å². The predicted molar refractivity (Wildman–Crippen MR) is 144 cm³/mol. The highest BCUT2D eigenvalue weighted by Crippen LogP contribution is 2.32. The summed E-state index contributed by atoms with van der Waals surface area (Å²) in [5.74, 6) is 5.90. The summed E-state index contributed by atoms with van der Waals surface area (Å²) in [6, 6.07) is 11.1. The quantitative estimate of drug-likeness (QED) is 0.302. The van der Waals surface area contributed by atoms with Crippen LogP contribution in [0, 0.1) is 11.8 Å². The number of benzene rings is 2. The van der Waals surface area contributed by atoms with E-state index >= 15 is 0 Å². The first-order valence-electron chi connectivity index (χ1n) is 12.5. The number of rotatable bonds is 7. The van der Waals surface area contributed by atoms with Crippen molar-refractivity contribution >= 4 is 28.2 Å². The lowest BCUT2D eigenvalue weighted by atomic mass is 10.0. The van der Waals surface area contributed by atoms with Crippen LogP contribution >= 0.6 is 0 Å². The van der Waals surface area contributed by atoms with Crippen LogP contribution in [0.2, 0.25) is 0 Å². The Morgan fingerprint density at radius 2 is 1.97 bits per heavy atom. The van der Waals surface area contributed by atoms with Crippen LogP contribution in [0.3, 0.4) is 0 Å². The van der Waals surface area contributed by atoms with E-state index in [2.05, 4.69) is 27.8 Å². The second-order valence-electron chi connectivity index (χ2n) is 9.44. The van der Waals surface area contributed by atoms with E-state index in [0.29, 0.717) is 46.6 Å². The number of nitrogens with one attached hydrogen (secondary N) is 3. The summed E-state index contributed by atoms with van der Waals surface area (Å²) in [6.07, 6.45) is -4.96. The molecule has 0 spiro atoms. The van der Waals surface area contributed by atoms with Gasteiger partial charge in [0.1, 0.15) is 18.5 Å². The molecule has 11 heteroatoms. The van der Waals surface area contributed by atoms with Crippen molar-refractivity contribution in [3.63, 3.8) is 0 Å². The van der Waals surface area contributed by atoms with Crippen molar-refractivity contribution in [1.29, 1.82) is 0 Å². The Kier molecular flexibility index (Phi) is 8.55. The number of ether oxygens (including phenoxy) is 1. The number of piperidine rings is 1. The van der Waals surface area contributed by atoms with E-state index in [0.717, 1.165) is 11.1 Å². The van der Waals surface area contributed by atoms with E-state index < -0.39 is 24.9 Å². The second kappa shape index (κ2) is 11.9. The number of halogens is 4. The van der Waals surface area contributed by atoms with Gasteiger partial charge in [-0.25, -0.2) is 4.39 Å². The minimum atomic E-state index is -4.46. The molecule has 2 heterocycles. The third-order valence-corrected chi connectivity index (χ3v) is 6.64. The fourth-order valence-electron chi connectivity index (χ4n) is 4.68. The number of likely N-dealkylation sites (tertiary alicyclic amines) is 1. The Bertz CT molecular complexity index is 1390. The van der Waals surface area contributed by atoms with Crippen LogP contribution in [-0.2, 0) is 6.54 Å². The Morgan fingerprint density at radius 3 is 2.67 bits per heavy atom. The maximum absolute atomic E-state index is 14.7. The summed E-state index contributed by atoms with van der Waals surface area (Å²) in [4.78, 5) is 13.8. The number of hydrogen-bond donors (Lipinski definition) is 3. The Morgan fingerprint density at radius 1 is 1.18 bits per heavy atom. The van der Waals surface area contributed by atoms with Gasteiger partial charge in [-0.05, 0) is 55.8 Å². The Hall–Kier alpha value is -3.91. The monoisotopic (exact) mass is 545 g/mol. The lowest BCUT2D eigenvalue weighted by Crippen LogP contribution is -2.46. The first-order valence-corrected chi connectivity index (χ1v) is 12.5. The molecule has 2 atom stereocenters. The van der Waals surface area contributed by atoms with Gasteiger partial charge in [-0.15, -0.1) is 0 Å². The number of alkyl halides is 4. The van der Waals surface area contributed by atoms with E-state index in [1.807, 2.05) is 11.9 Å². The minimum Gasteiger partial charge on any atom is -0.495 e. The first-order chi connectivity index (χ1) is 18.6. The molecule has 2 aromatic carbocycles. The van der Waals surface area contributed by atoms with Crippen molar-refractivity contribution in [3.8, 4) is 17.6 Å². The lowest BCUT2D eigenvalue weighted by molar-refractivity contribution is -0.140. The number of hydrogen-bond acceptors (Lipinski definition) is 5. The Balaban J connectivity index is 1.59. The van der Waals surface area contributed by atoms with Crippen LogP contribution in [-0.4, -0.2) is 74.6 Å². The van der Waals surface area contributed by atoms with E-state index in [1.54, 1.807) is 42.5 Å². The zero-order valence-electron chi connectivity index (χ0n) is 22.0. The highest BCUT2D eigenvalue weighted by Gasteiger charge is 2.31. The largest absolute Gasteiger partial charge is 0.495 e. The molecule has 4 rings (SSSR count). The van der Waals surface area contributed by atoms with Crippen LogP contribution in [0.15, 0.2) is 42.5 Å². The maximum Gasteiger partial charge on any atom is 0.406 e. The van der Waals surface area contributed by atoms with E-state index in [1.165, 1.54) is 14.2 Å². The molecule has 1 saturated heterocycles. The van der Waals surface area contributed by atoms with Crippen LogP contribution in [0.25, 0.3) is 10.9 Å². The number of fused-ring (bicyclic) bond motifs is 1. The summed E-state index contributed by atoms with van der Waals surface area (Å²) in [6.45, 7) is -0.0580. The summed E-state index contributed by atoms with van der Waals surface area (Å²) < 4.78 is 61.6. The second-order valence-corrected chi connectivity index (χ2v) is 9.44. The van der Waals surface area contributed by atoms with Crippen molar-refractivity contribution in [2.75, 3.05) is 51.5 Å². The molecule has 0 bridgehead atoms. The zero-order chi connectivity index (χ0) is 28.2. The number of carbonyl (C=O) groups excluding carboxylic acids is 1. The molecular weight excluding hydrogens is 514 g/mol. The van der Waals surface area contributed by atoms with Gasteiger partial charge in [0, 0.05) is 36.8 Å². The van der Waals surface area contributed by atoms with Crippen LogP contribution < -0.4 is 20.7 Å². The van der Waals surface area contributed by atoms with Gasteiger partial charge < -0.3 is 30.2 Å². The summed E-state index contributed by atoms with van der Waals surface area (Å²) in [5, 5.41) is 9.38. The molecule has 7 nitrogen and oxygen atoms in total. The summed E-state index contributed by atoms with van der Waals surface area (Å²) in [5.41, 5.74) is 2.14. The van der Waals surface area contributed by atoms with Crippen molar-refractivity contribution in [1.82, 2.24) is 14.8 Å². The van der Waals surface area contributed by atoms with Gasteiger partial charge in [0.05, 0.1) is 36.6 Å². The molecule has 0 radical (unpaired) electrons. The Labute approximate surface area is 224 Å². The molecular formula is C28H31F4N5O2. The smallest absolute Gasteiger partial charge is 0.406 e. The SMILES string of the molecule is CNC(=O)c1ccc(NCC#Cc2cc3c(NC4CCN(C)CC4F)cccc3n2CC(F)(F)F)c(OC)c1. The standard InChI is InChI=1S/C28H31F4N5O2/c1-33-27(38)18-9-10-24(26(14-18)39-3)34-12-5-6-19-15-20-22(35-23-11-13-36(2)16-21(23)29)7-4-8-25(20)37(19)17-28(30,31)32/h4,7-10,14-15,21,23,34-35H,11-13,16-17H2,1-3H3,(H,33,38). The number of anilines is 2. The molecule has 1 amide bonds. The van der Waals surface area contributed by atoms with Crippen LogP contribution in [0.4, 0.5) is 28.9 Å². The highest BCUT2D eigenvalue weighted by atomic mass is 19.4. The average Bonchev–Trinajstić information content (AvgIpc) is 3.24. The fourth-order valence-corrected chi connectivity index (χ4v) is 4.68. The van der Waals surface area contributed by atoms with Gasteiger partial charge in [-0.3, -0.25) is 4.79 Å². The van der Waals surface area contributed by atoms with Gasteiger partial charge in [-0.2, -0.15) is 13.2 Å². The van der Waals surface area contributed by atoms with E-state index in [-0.39, 0.29) is 18.1 Å². The molecule has 2 unspecified atom stereocenters. The normalized spacial score (nSPS) is 17.8. The molecule has 0 aliphatic carbocycles. The fraction of sp³-hybridized carbons (Fsp3) is 0.393. The zero-order valence-corrected chi connectivity index (χ0v) is 22.0. The maximum atomic E-state index is 14.7. The topological polar surface area (TPSA) is 70.6 Å². The molecule has 1 fully saturated rings. The van der Waals surface area contributed by atoms with Crippen molar-refractivity contribution < 1.29 is 27.1 Å². The first kappa shape index (κ1) is 28.1. The number of nitrogens with zero attached hydrogens (tertiary/aromatic N) is 2. The minimum absolute atomic E-state index is 0.119. The van der Waals surface area contributed by atoms with Crippen molar-refractivity contribution in [2.45, 2.75) is 31.4 Å². The van der Waals surface area contributed by atoms with Gasteiger partial charge in [0.25, 0.3) is 5.91 Å². The van der Waals surface area contributed by atoms with Crippen molar-refractivity contribution in [2.24, 2.45) is 0 Å². The van der Waals surface area contributed by atoms with E-state index in [9.17, 15) is 22.4 Å². The molecule has 1 aromatic heterocycles. The number of carbonyl (C=O) groups is 1. The highest BCUT2D eigenvalue weighted by molar-refractivity contribution is 5.95. The number of aromatic nitrogens is 1. The van der Waals surface area contributed by atoms with E-state index in [4.69, 9.17) is 4.74 Å². The van der Waals surface area contributed by atoms with Gasteiger partial charge >= 0.3 is 6.18 Å². The van der Waals surface area contributed by atoms with Gasteiger partial charge in [0.15, 0.2) is 0 Å². The average molecular weight is 546 g/mol. The lowest BCUT2D eigenvalue weighted by Gasteiger charge is -2.33. The molecule has 39 heavy (non-hydrogen) atoms. The molecule has 1 aliphatic rings. The number of amides is 1. The third-order valence-electron chi connectivity index (χ3n) is 6.64. The van der Waals surface area contributed by atoms with Gasteiger partial charge in [0.2, 0.25) is 0 Å². The molecule has 208 valence electrons. The number of methoxy groups -OCH3 is 1.